The van der Waals surface area contributed by atoms with Crippen LogP contribution in [0.4, 0.5) is 5.95 Å². The molecule has 0 aliphatic carbocycles. The zero-order valence-electron chi connectivity index (χ0n) is 18.3. The summed E-state index contributed by atoms with van der Waals surface area (Å²) in [4.78, 5) is 15.9. The number of anilines is 1. The molecule has 1 aliphatic rings. The van der Waals surface area contributed by atoms with Crippen molar-refractivity contribution in [2.45, 2.75) is 25.9 Å². The first-order valence-corrected chi connectivity index (χ1v) is 10.8. The van der Waals surface area contributed by atoms with E-state index in [9.17, 15) is 5.26 Å². The van der Waals surface area contributed by atoms with Gasteiger partial charge >= 0.3 is 0 Å². The molecular formula is C24H23N9. The maximum Gasteiger partial charge on any atom is 0.221 e. The number of pyridine rings is 1. The van der Waals surface area contributed by atoms with E-state index < -0.39 is 0 Å². The third-order valence-electron chi connectivity index (χ3n) is 5.85. The summed E-state index contributed by atoms with van der Waals surface area (Å²) in [5.74, 6) is 0.133. The molecule has 33 heavy (non-hydrogen) atoms. The minimum absolute atomic E-state index is 0.133. The lowest BCUT2D eigenvalue weighted by atomic mass is 10.1. The number of hydrogen-bond acceptors (Lipinski definition) is 8. The van der Waals surface area contributed by atoms with E-state index in [1.807, 2.05) is 30.5 Å². The molecule has 1 aromatic carbocycles. The largest absolute Gasteiger partial charge is 0.368 e. The third-order valence-corrected chi connectivity index (χ3v) is 5.85. The van der Waals surface area contributed by atoms with Crippen LogP contribution in [0.15, 0.2) is 54.7 Å². The second-order valence-electron chi connectivity index (χ2n) is 8.11. The number of nitrogens with two attached hydrogens (primary N) is 1. The van der Waals surface area contributed by atoms with E-state index in [1.54, 1.807) is 22.9 Å². The summed E-state index contributed by atoms with van der Waals surface area (Å²) in [6, 6.07) is 17.6. The molecule has 164 valence electrons. The summed E-state index contributed by atoms with van der Waals surface area (Å²) in [7, 11) is 0. The lowest BCUT2D eigenvalue weighted by Crippen LogP contribution is -2.39. The number of rotatable bonds is 6. The van der Waals surface area contributed by atoms with Gasteiger partial charge in [-0.3, -0.25) is 9.88 Å². The van der Waals surface area contributed by atoms with Gasteiger partial charge in [-0.1, -0.05) is 23.4 Å². The number of likely N-dealkylation sites (tertiary alicyclic amines) is 1. The van der Waals surface area contributed by atoms with Crippen molar-refractivity contribution in [1.82, 2.24) is 34.8 Å². The fourth-order valence-corrected chi connectivity index (χ4v) is 3.89. The highest BCUT2D eigenvalue weighted by Gasteiger charge is 2.22. The minimum atomic E-state index is 0.133. The second kappa shape index (κ2) is 8.76. The highest BCUT2D eigenvalue weighted by atomic mass is 15.4. The Morgan fingerprint density at radius 3 is 2.64 bits per heavy atom. The Morgan fingerprint density at radius 1 is 1.03 bits per heavy atom. The third kappa shape index (κ3) is 4.42. The molecular weight excluding hydrogens is 414 g/mol. The fraction of sp³-hybridized carbons (Fsp3) is 0.250. The van der Waals surface area contributed by atoms with Crippen LogP contribution in [-0.4, -0.2) is 47.9 Å². The molecule has 0 radical (unpaired) electrons. The number of benzene rings is 1. The molecule has 2 N–H and O–H groups in total. The quantitative estimate of drug-likeness (QED) is 0.488. The van der Waals surface area contributed by atoms with Crippen LogP contribution in [-0.2, 0) is 6.54 Å². The molecule has 3 aromatic heterocycles. The molecule has 5 rings (SSSR count). The standard InChI is InChI=1S/C24H23N9/c1-16(32-9-4-10-32)20-8-3-7-19(27-20)14-33-15-23(30-31-33)22-12-21(28-24(26)29-22)18-6-2-5-17(11-18)13-25/h2-3,5-8,11-12,15-16H,4,9-10,14H2,1H3,(H2,26,28,29). The van der Waals surface area contributed by atoms with Crippen molar-refractivity contribution in [2.24, 2.45) is 0 Å². The Balaban J connectivity index is 1.38. The van der Waals surface area contributed by atoms with Crippen molar-refractivity contribution in [3.8, 4) is 28.7 Å². The van der Waals surface area contributed by atoms with Gasteiger partial charge in [0, 0.05) is 24.7 Å². The van der Waals surface area contributed by atoms with E-state index in [2.05, 4.69) is 44.2 Å². The zero-order chi connectivity index (χ0) is 22.8. The van der Waals surface area contributed by atoms with Crippen molar-refractivity contribution in [1.29, 1.82) is 5.26 Å². The predicted octanol–water partition coefficient (Wildman–Crippen LogP) is 3.07. The summed E-state index contributed by atoms with van der Waals surface area (Å²) in [6.07, 6.45) is 3.08. The molecule has 0 bridgehead atoms. The molecule has 1 atom stereocenters. The Bertz CT molecular complexity index is 1330. The number of aromatic nitrogens is 6. The minimum Gasteiger partial charge on any atom is -0.368 e. The van der Waals surface area contributed by atoms with E-state index in [4.69, 9.17) is 10.7 Å². The van der Waals surface area contributed by atoms with Crippen molar-refractivity contribution in [3.63, 3.8) is 0 Å². The molecule has 0 saturated carbocycles. The maximum absolute atomic E-state index is 9.17. The summed E-state index contributed by atoms with van der Waals surface area (Å²) in [5, 5.41) is 17.7. The monoisotopic (exact) mass is 437 g/mol. The van der Waals surface area contributed by atoms with Gasteiger partial charge < -0.3 is 5.73 Å². The van der Waals surface area contributed by atoms with Gasteiger partial charge in [-0.05, 0) is 43.7 Å². The molecule has 4 aromatic rings. The van der Waals surface area contributed by atoms with Crippen LogP contribution < -0.4 is 5.73 Å². The zero-order valence-corrected chi connectivity index (χ0v) is 18.3. The SMILES string of the molecule is CC(c1cccc(Cn2cc(-c3cc(-c4cccc(C#N)c4)nc(N)n3)nn2)n1)N1CCC1. The second-order valence-corrected chi connectivity index (χ2v) is 8.11. The number of nitrogens with zero attached hydrogens (tertiary/aromatic N) is 8. The molecule has 9 heteroatoms. The Labute approximate surface area is 191 Å². The van der Waals surface area contributed by atoms with Gasteiger partial charge in [0.1, 0.15) is 5.69 Å². The van der Waals surface area contributed by atoms with E-state index in [1.165, 1.54) is 6.42 Å². The van der Waals surface area contributed by atoms with E-state index >= 15 is 0 Å². The lowest BCUT2D eigenvalue weighted by molar-refractivity contribution is 0.126. The number of hydrogen-bond donors (Lipinski definition) is 1. The van der Waals surface area contributed by atoms with Crippen LogP contribution in [0.25, 0.3) is 22.6 Å². The smallest absolute Gasteiger partial charge is 0.221 e. The topological polar surface area (TPSA) is 122 Å². The van der Waals surface area contributed by atoms with Crippen LogP contribution in [0.2, 0.25) is 0 Å². The summed E-state index contributed by atoms with van der Waals surface area (Å²) in [5.41, 5.74) is 11.1. The van der Waals surface area contributed by atoms with Gasteiger partial charge in [0.2, 0.25) is 5.95 Å². The molecule has 1 aliphatic heterocycles. The number of nitrogen functional groups attached to an aromatic ring is 1. The summed E-state index contributed by atoms with van der Waals surface area (Å²) < 4.78 is 1.74. The van der Waals surface area contributed by atoms with E-state index in [0.717, 1.165) is 30.0 Å². The molecule has 9 nitrogen and oxygen atoms in total. The molecule has 0 amide bonds. The fourth-order valence-electron chi connectivity index (χ4n) is 3.89. The van der Waals surface area contributed by atoms with Gasteiger partial charge in [-0.2, -0.15) is 5.26 Å². The normalized spacial score (nSPS) is 14.4. The average molecular weight is 438 g/mol. The van der Waals surface area contributed by atoms with E-state index in [-0.39, 0.29) is 5.95 Å². The average Bonchev–Trinajstić information content (AvgIpc) is 3.26. The highest BCUT2D eigenvalue weighted by molar-refractivity contribution is 5.68. The van der Waals surface area contributed by atoms with E-state index in [0.29, 0.717) is 35.2 Å². The molecule has 1 unspecified atom stereocenters. The van der Waals surface area contributed by atoms with Crippen LogP contribution in [0, 0.1) is 11.3 Å². The molecule has 4 heterocycles. The lowest BCUT2D eigenvalue weighted by Gasteiger charge is -2.36. The first-order valence-electron chi connectivity index (χ1n) is 10.8. The van der Waals surface area contributed by atoms with Gasteiger partial charge in [0.25, 0.3) is 0 Å². The Morgan fingerprint density at radius 2 is 1.85 bits per heavy atom. The first kappa shape index (κ1) is 20.7. The molecule has 1 fully saturated rings. The Hall–Kier alpha value is -4.16. The highest BCUT2D eigenvalue weighted by Crippen LogP contribution is 2.25. The van der Waals surface area contributed by atoms with Crippen LogP contribution in [0.1, 0.15) is 36.3 Å². The molecule has 1 saturated heterocycles. The van der Waals surface area contributed by atoms with Crippen molar-refractivity contribution < 1.29 is 0 Å². The van der Waals surface area contributed by atoms with Crippen molar-refractivity contribution in [2.75, 3.05) is 18.8 Å². The van der Waals surface area contributed by atoms with Crippen molar-refractivity contribution in [3.05, 3.63) is 71.7 Å². The van der Waals surface area contributed by atoms with Crippen molar-refractivity contribution >= 4 is 5.95 Å². The first-order chi connectivity index (χ1) is 16.1. The van der Waals surface area contributed by atoms with Gasteiger partial charge in [-0.25, -0.2) is 14.6 Å². The van der Waals surface area contributed by atoms with Gasteiger partial charge in [-0.15, -0.1) is 5.10 Å². The molecule has 0 spiro atoms. The predicted molar refractivity (Wildman–Crippen MR) is 124 cm³/mol. The number of nitriles is 1. The van der Waals surface area contributed by atoms with Crippen LogP contribution in [0.3, 0.4) is 0 Å². The summed E-state index contributed by atoms with van der Waals surface area (Å²) >= 11 is 0. The maximum atomic E-state index is 9.17. The Kier molecular flexibility index (Phi) is 5.50. The summed E-state index contributed by atoms with van der Waals surface area (Å²) in [6.45, 7) is 4.96. The van der Waals surface area contributed by atoms with Crippen LogP contribution in [0.5, 0.6) is 0 Å². The van der Waals surface area contributed by atoms with Crippen LogP contribution >= 0.6 is 0 Å². The van der Waals surface area contributed by atoms with Gasteiger partial charge in [0.05, 0.1) is 47.1 Å². The van der Waals surface area contributed by atoms with Gasteiger partial charge in [0.15, 0.2) is 0 Å².